The van der Waals surface area contributed by atoms with Gasteiger partial charge in [-0.2, -0.15) is 0 Å². The molecule has 0 radical (unpaired) electrons. The van der Waals surface area contributed by atoms with Crippen molar-refractivity contribution in [2.75, 3.05) is 0 Å². The van der Waals surface area contributed by atoms with E-state index in [1.165, 1.54) is 36.0 Å². The first-order chi connectivity index (χ1) is 13.5. The molecular formula is C24H28N2O2. The molecule has 1 aliphatic carbocycles. The quantitative estimate of drug-likeness (QED) is 0.671. The molecular weight excluding hydrogens is 348 g/mol. The van der Waals surface area contributed by atoms with Crippen LogP contribution in [0.15, 0.2) is 34.9 Å². The zero-order chi connectivity index (χ0) is 19.7. The second kappa shape index (κ2) is 7.78. The van der Waals surface area contributed by atoms with Gasteiger partial charge in [0.25, 0.3) is 0 Å². The van der Waals surface area contributed by atoms with Crippen molar-refractivity contribution < 1.29 is 9.32 Å². The minimum absolute atomic E-state index is 0.0149. The van der Waals surface area contributed by atoms with Gasteiger partial charge in [0.15, 0.2) is 5.58 Å². The predicted octanol–water partition coefficient (Wildman–Crippen LogP) is 5.13. The largest absolute Gasteiger partial charge is 0.356 e. The highest BCUT2D eigenvalue weighted by Crippen LogP contribution is 2.27. The molecule has 1 N–H and O–H groups in total. The zero-order valence-electron chi connectivity index (χ0n) is 17.0. The summed E-state index contributed by atoms with van der Waals surface area (Å²) in [5.74, 6) is -0.0149. The van der Waals surface area contributed by atoms with E-state index >= 15 is 0 Å². The van der Waals surface area contributed by atoms with Crippen LogP contribution in [0.1, 0.15) is 65.7 Å². The first kappa shape index (κ1) is 18.7. The van der Waals surface area contributed by atoms with Crippen LogP contribution in [0.5, 0.6) is 0 Å². The number of nitrogens with one attached hydrogen (secondary N) is 1. The fourth-order valence-corrected chi connectivity index (χ4v) is 4.36. The maximum Gasteiger partial charge on any atom is 0.226 e. The van der Waals surface area contributed by atoms with Crippen LogP contribution < -0.4 is 5.32 Å². The SMILES string of the molecule is CCC(NC(=O)Cc1noc2c(C)cc(C)cc12)c1ccc2c(c1)CCCC2. The molecule has 0 bridgehead atoms. The third-order valence-electron chi connectivity index (χ3n) is 5.82. The van der Waals surface area contributed by atoms with Crippen LogP contribution in [-0.4, -0.2) is 11.1 Å². The monoisotopic (exact) mass is 376 g/mol. The lowest BCUT2D eigenvalue weighted by Crippen LogP contribution is -2.29. The van der Waals surface area contributed by atoms with Crippen molar-refractivity contribution in [2.24, 2.45) is 0 Å². The van der Waals surface area contributed by atoms with Gasteiger partial charge in [0.2, 0.25) is 5.91 Å². The van der Waals surface area contributed by atoms with Crippen LogP contribution in [0.2, 0.25) is 0 Å². The van der Waals surface area contributed by atoms with Crippen molar-refractivity contribution in [3.8, 4) is 0 Å². The Labute approximate surface area is 166 Å². The van der Waals surface area contributed by atoms with Crippen molar-refractivity contribution in [2.45, 2.75) is 65.3 Å². The van der Waals surface area contributed by atoms with E-state index in [0.29, 0.717) is 5.69 Å². The van der Waals surface area contributed by atoms with Gasteiger partial charge < -0.3 is 9.84 Å². The Morgan fingerprint density at radius 1 is 1.14 bits per heavy atom. The molecule has 28 heavy (non-hydrogen) atoms. The zero-order valence-corrected chi connectivity index (χ0v) is 17.0. The van der Waals surface area contributed by atoms with E-state index in [4.69, 9.17) is 4.52 Å². The number of hydrogen-bond donors (Lipinski definition) is 1. The number of aryl methyl sites for hydroxylation is 4. The maximum absolute atomic E-state index is 12.8. The summed E-state index contributed by atoms with van der Waals surface area (Å²) in [7, 11) is 0. The second-order valence-corrected chi connectivity index (χ2v) is 8.03. The summed E-state index contributed by atoms with van der Waals surface area (Å²) in [6, 6.07) is 10.9. The Morgan fingerprint density at radius 2 is 1.93 bits per heavy atom. The standard InChI is InChI=1S/C24H28N2O2/c1-4-21(19-10-9-17-7-5-6-8-18(17)13-19)25-23(27)14-22-20-12-15(2)11-16(3)24(20)28-26-22/h9-13,21H,4-8,14H2,1-3H3,(H,25,27). The Bertz CT molecular complexity index is 1020. The molecule has 1 atom stereocenters. The second-order valence-electron chi connectivity index (χ2n) is 8.03. The molecule has 0 saturated heterocycles. The molecule has 4 nitrogen and oxygen atoms in total. The summed E-state index contributed by atoms with van der Waals surface area (Å²) in [5, 5.41) is 8.31. The van der Waals surface area contributed by atoms with Crippen molar-refractivity contribution in [1.29, 1.82) is 0 Å². The average Bonchev–Trinajstić information content (AvgIpc) is 3.08. The summed E-state index contributed by atoms with van der Waals surface area (Å²) >= 11 is 0. The van der Waals surface area contributed by atoms with E-state index in [1.807, 2.05) is 19.9 Å². The van der Waals surface area contributed by atoms with E-state index in [1.54, 1.807) is 0 Å². The van der Waals surface area contributed by atoms with Gasteiger partial charge >= 0.3 is 0 Å². The number of fused-ring (bicyclic) bond motifs is 2. The van der Waals surface area contributed by atoms with Gasteiger partial charge in [-0.15, -0.1) is 0 Å². The lowest BCUT2D eigenvalue weighted by atomic mass is 9.89. The molecule has 4 heteroatoms. The summed E-state index contributed by atoms with van der Waals surface area (Å²) in [6.45, 7) is 6.17. The molecule has 1 aromatic heterocycles. The molecule has 3 aromatic rings. The van der Waals surface area contributed by atoms with E-state index in [0.717, 1.165) is 34.9 Å². The van der Waals surface area contributed by atoms with Gasteiger partial charge in [0, 0.05) is 5.39 Å². The van der Waals surface area contributed by atoms with Gasteiger partial charge in [0.1, 0.15) is 5.69 Å². The normalized spacial score (nSPS) is 14.7. The molecule has 2 aromatic carbocycles. The van der Waals surface area contributed by atoms with Gasteiger partial charge in [-0.05, 0) is 79.8 Å². The maximum atomic E-state index is 12.8. The molecule has 1 amide bonds. The van der Waals surface area contributed by atoms with Gasteiger partial charge in [-0.25, -0.2) is 0 Å². The topological polar surface area (TPSA) is 55.1 Å². The number of benzene rings is 2. The van der Waals surface area contributed by atoms with E-state index in [2.05, 4.69) is 41.7 Å². The van der Waals surface area contributed by atoms with Gasteiger partial charge in [-0.3, -0.25) is 4.79 Å². The van der Waals surface area contributed by atoms with Crippen molar-refractivity contribution in [3.63, 3.8) is 0 Å². The van der Waals surface area contributed by atoms with Crippen LogP contribution >= 0.6 is 0 Å². The smallest absolute Gasteiger partial charge is 0.226 e. The average molecular weight is 377 g/mol. The Kier molecular flexibility index (Phi) is 5.21. The Balaban J connectivity index is 1.51. The van der Waals surface area contributed by atoms with Gasteiger partial charge in [0.05, 0.1) is 12.5 Å². The minimum atomic E-state index is -0.0149. The minimum Gasteiger partial charge on any atom is -0.356 e. The highest BCUT2D eigenvalue weighted by Gasteiger charge is 2.19. The number of hydrogen-bond acceptors (Lipinski definition) is 3. The van der Waals surface area contributed by atoms with E-state index < -0.39 is 0 Å². The third kappa shape index (κ3) is 3.68. The first-order valence-corrected chi connectivity index (χ1v) is 10.3. The number of rotatable bonds is 5. The van der Waals surface area contributed by atoms with Crippen LogP contribution in [0.4, 0.5) is 0 Å². The van der Waals surface area contributed by atoms with Crippen molar-refractivity contribution in [1.82, 2.24) is 10.5 Å². The highest BCUT2D eigenvalue weighted by atomic mass is 16.5. The summed E-state index contributed by atoms with van der Waals surface area (Å²) < 4.78 is 5.48. The molecule has 1 aliphatic rings. The molecule has 0 fully saturated rings. The number of amides is 1. The predicted molar refractivity (Wildman–Crippen MR) is 111 cm³/mol. The van der Waals surface area contributed by atoms with Crippen LogP contribution in [0, 0.1) is 13.8 Å². The lowest BCUT2D eigenvalue weighted by molar-refractivity contribution is -0.121. The van der Waals surface area contributed by atoms with Gasteiger partial charge in [-0.1, -0.05) is 36.3 Å². The Hall–Kier alpha value is -2.62. The highest BCUT2D eigenvalue weighted by molar-refractivity contribution is 5.88. The van der Waals surface area contributed by atoms with Crippen molar-refractivity contribution in [3.05, 3.63) is 63.8 Å². The first-order valence-electron chi connectivity index (χ1n) is 10.3. The summed E-state index contributed by atoms with van der Waals surface area (Å²) in [4.78, 5) is 12.8. The number of nitrogens with zero attached hydrogens (tertiary/aromatic N) is 1. The summed E-state index contributed by atoms with van der Waals surface area (Å²) in [6.07, 6.45) is 5.97. The summed E-state index contributed by atoms with van der Waals surface area (Å²) in [5.41, 5.74) is 7.80. The Morgan fingerprint density at radius 3 is 2.71 bits per heavy atom. The van der Waals surface area contributed by atoms with E-state index in [9.17, 15) is 4.79 Å². The molecule has 4 rings (SSSR count). The molecule has 0 saturated carbocycles. The van der Waals surface area contributed by atoms with E-state index in [-0.39, 0.29) is 18.4 Å². The van der Waals surface area contributed by atoms with Crippen LogP contribution in [0.3, 0.4) is 0 Å². The third-order valence-corrected chi connectivity index (χ3v) is 5.82. The molecule has 0 spiro atoms. The van der Waals surface area contributed by atoms with Crippen LogP contribution in [0.25, 0.3) is 11.0 Å². The number of aromatic nitrogens is 1. The van der Waals surface area contributed by atoms with Crippen molar-refractivity contribution >= 4 is 16.9 Å². The number of carbonyl (C=O) groups excluding carboxylic acids is 1. The fraction of sp³-hybridized carbons (Fsp3) is 0.417. The lowest BCUT2D eigenvalue weighted by Gasteiger charge is -2.21. The number of carbonyl (C=O) groups is 1. The fourth-order valence-electron chi connectivity index (χ4n) is 4.36. The molecule has 1 heterocycles. The molecule has 146 valence electrons. The molecule has 1 unspecified atom stereocenters. The van der Waals surface area contributed by atoms with Crippen LogP contribution in [-0.2, 0) is 24.1 Å². The molecule has 0 aliphatic heterocycles.